The first kappa shape index (κ1) is 15.8. The highest BCUT2D eigenvalue weighted by molar-refractivity contribution is 6.30. The van der Waals surface area contributed by atoms with Gasteiger partial charge in [-0.1, -0.05) is 30.1 Å². The van der Waals surface area contributed by atoms with Crippen LogP contribution < -0.4 is 10.6 Å². The SMILES string of the molecule is CCCC(C(N)=NO)N1CCN(c2ncc(Cl)cn2)CC1. The molecule has 0 radical (unpaired) electrons. The molecule has 7 nitrogen and oxygen atoms in total. The zero-order chi connectivity index (χ0) is 15.2. The molecule has 1 aromatic heterocycles. The molecule has 1 atom stereocenters. The number of piperazine rings is 1. The lowest BCUT2D eigenvalue weighted by Gasteiger charge is -2.38. The summed E-state index contributed by atoms with van der Waals surface area (Å²) in [6, 6.07) is -0.00622. The quantitative estimate of drug-likeness (QED) is 0.367. The molecule has 0 aromatic carbocycles. The van der Waals surface area contributed by atoms with E-state index in [2.05, 4.69) is 31.8 Å². The molecule has 1 aromatic rings. The van der Waals surface area contributed by atoms with Crippen molar-refractivity contribution in [2.45, 2.75) is 25.8 Å². The molecular formula is C13H21ClN6O. The zero-order valence-electron chi connectivity index (χ0n) is 12.1. The second-order valence-electron chi connectivity index (χ2n) is 5.05. The van der Waals surface area contributed by atoms with Crippen LogP contribution in [0, 0.1) is 0 Å². The third kappa shape index (κ3) is 3.95. The molecule has 0 bridgehead atoms. The van der Waals surface area contributed by atoms with Crippen LogP contribution in [0.1, 0.15) is 19.8 Å². The Balaban J connectivity index is 1.97. The molecule has 0 amide bonds. The summed E-state index contributed by atoms with van der Waals surface area (Å²) in [5.74, 6) is 0.975. The van der Waals surface area contributed by atoms with Crippen molar-refractivity contribution in [1.82, 2.24) is 14.9 Å². The fraction of sp³-hybridized carbons (Fsp3) is 0.615. The third-order valence-electron chi connectivity index (χ3n) is 3.66. The van der Waals surface area contributed by atoms with E-state index in [1.165, 1.54) is 0 Å². The molecule has 116 valence electrons. The third-order valence-corrected chi connectivity index (χ3v) is 3.86. The Labute approximate surface area is 129 Å². The van der Waals surface area contributed by atoms with E-state index < -0.39 is 0 Å². The van der Waals surface area contributed by atoms with Crippen molar-refractivity contribution in [3.8, 4) is 0 Å². The van der Waals surface area contributed by atoms with Gasteiger partial charge in [-0.2, -0.15) is 0 Å². The maximum Gasteiger partial charge on any atom is 0.225 e. The number of anilines is 1. The Morgan fingerprint density at radius 2 is 2.00 bits per heavy atom. The van der Waals surface area contributed by atoms with Gasteiger partial charge in [0, 0.05) is 26.2 Å². The van der Waals surface area contributed by atoms with E-state index in [0.717, 1.165) is 39.0 Å². The van der Waals surface area contributed by atoms with Crippen LogP contribution in [-0.2, 0) is 0 Å². The summed E-state index contributed by atoms with van der Waals surface area (Å²) in [5.41, 5.74) is 5.80. The van der Waals surface area contributed by atoms with E-state index in [9.17, 15) is 0 Å². The van der Waals surface area contributed by atoms with Crippen LogP contribution in [0.4, 0.5) is 5.95 Å². The summed E-state index contributed by atoms with van der Waals surface area (Å²) in [6.45, 7) is 5.36. The average Bonchev–Trinajstić information content (AvgIpc) is 2.53. The summed E-state index contributed by atoms with van der Waals surface area (Å²) < 4.78 is 0. The van der Waals surface area contributed by atoms with E-state index in [1.807, 2.05) is 0 Å². The Hall–Kier alpha value is -1.60. The van der Waals surface area contributed by atoms with Gasteiger partial charge in [-0.15, -0.1) is 0 Å². The van der Waals surface area contributed by atoms with Crippen LogP contribution >= 0.6 is 11.6 Å². The lowest BCUT2D eigenvalue weighted by atomic mass is 10.1. The van der Waals surface area contributed by atoms with Crippen molar-refractivity contribution in [2.75, 3.05) is 31.1 Å². The van der Waals surface area contributed by atoms with E-state index in [-0.39, 0.29) is 11.9 Å². The standard InChI is InChI=1S/C13H21ClN6O/c1-2-3-11(12(15)18-21)19-4-6-20(7-5-19)13-16-8-10(14)9-17-13/h8-9,11,21H,2-7H2,1H3,(H2,15,18). The van der Waals surface area contributed by atoms with Crippen molar-refractivity contribution in [3.63, 3.8) is 0 Å². The molecular weight excluding hydrogens is 292 g/mol. The Morgan fingerprint density at radius 1 is 1.38 bits per heavy atom. The second-order valence-corrected chi connectivity index (χ2v) is 5.49. The van der Waals surface area contributed by atoms with Gasteiger partial charge < -0.3 is 15.8 Å². The van der Waals surface area contributed by atoms with Gasteiger partial charge in [-0.3, -0.25) is 4.90 Å². The number of aromatic nitrogens is 2. The highest BCUT2D eigenvalue weighted by Gasteiger charge is 2.26. The molecule has 0 saturated carbocycles. The summed E-state index contributed by atoms with van der Waals surface area (Å²) >= 11 is 5.80. The second kappa shape index (κ2) is 7.42. The number of hydrogen-bond donors (Lipinski definition) is 2. The monoisotopic (exact) mass is 312 g/mol. The van der Waals surface area contributed by atoms with Crippen LogP contribution in [-0.4, -0.2) is 58.1 Å². The molecule has 1 unspecified atom stereocenters. The smallest absolute Gasteiger partial charge is 0.225 e. The van der Waals surface area contributed by atoms with Crippen LogP contribution in [0.3, 0.4) is 0 Å². The summed E-state index contributed by atoms with van der Waals surface area (Å²) in [5, 5.41) is 12.6. The number of amidine groups is 1. The molecule has 3 N–H and O–H groups in total. The van der Waals surface area contributed by atoms with Crippen molar-refractivity contribution >= 4 is 23.4 Å². The first-order valence-corrected chi connectivity index (χ1v) is 7.47. The van der Waals surface area contributed by atoms with Gasteiger partial charge in [-0.05, 0) is 6.42 Å². The summed E-state index contributed by atoms with van der Waals surface area (Å²) in [6.07, 6.45) is 5.08. The first-order chi connectivity index (χ1) is 10.2. The topological polar surface area (TPSA) is 90.9 Å². The molecule has 1 saturated heterocycles. The highest BCUT2D eigenvalue weighted by atomic mass is 35.5. The summed E-state index contributed by atoms with van der Waals surface area (Å²) in [7, 11) is 0. The number of nitrogens with two attached hydrogens (primary N) is 1. The molecule has 2 heterocycles. The predicted octanol–water partition coefficient (Wildman–Crippen LogP) is 1.17. The highest BCUT2D eigenvalue weighted by Crippen LogP contribution is 2.16. The summed E-state index contributed by atoms with van der Waals surface area (Å²) in [4.78, 5) is 12.8. The zero-order valence-corrected chi connectivity index (χ0v) is 12.9. The van der Waals surface area contributed by atoms with E-state index in [4.69, 9.17) is 22.5 Å². The molecule has 0 spiro atoms. The average molecular weight is 313 g/mol. The van der Waals surface area contributed by atoms with Crippen LogP contribution in [0.5, 0.6) is 0 Å². The van der Waals surface area contributed by atoms with Crippen molar-refractivity contribution in [2.24, 2.45) is 10.9 Å². The molecule has 8 heteroatoms. The number of rotatable bonds is 5. The lowest BCUT2D eigenvalue weighted by molar-refractivity contribution is 0.210. The number of oxime groups is 1. The normalized spacial score (nSPS) is 18.8. The van der Waals surface area contributed by atoms with Gasteiger partial charge in [-0.25, -0.2) is 9.97 Å². The minimum absolute atomic E-state index is 0.00622. The molecule has 1 aliphatic rings. The number of nitrogens with zero attached hydrogens (tertiary/aromatic N) is 5. The van der Waals surface area contributed by atoms with Crippen molar-refractivity contribution in [3.05, 3.63) is 17.4 Å². The van der Waals surface area contributed by atoms with Crippen LogP contribution in [0.2, 0.25) is 5.02 Å². The minimum Gasteiger partial charge on any atom is -0.409 e. The van der Waals surface area contributed by atoms with Gasteiger partial charge in [0.1, 0.15) is 0 Å². The van der Waals surface area contributed by atoms with Crippen LogP contribution in [0.25, 0.3) is 0 Å². The lowest BCUT2D eigenvalue weighted by Crippen LogP contribution is -2.54. The van der Waals surface area contributed by atoms with Gasteiger partial charge >= 0.3 is 0 Å². The van der Waals surface area contributed by atoms with E-state index in [1.54, 1.807) is 12.4 Å². The van der Waals surface area contributed by atoms with Gasteiger partial charge in [0.15, 0.2) is 5.84 Å². The molecule has 2 rings (SSSR count). The predicted molar refractivity (Wildman–Crippen MR) is 82.9 cm³/mol. The van der Waals surface area contributed by atoms with E-state index >= 15 is 0 Å². The maximum absolute atomic E-state index is 8.91. The Kier molecular flexibility index (Phi) is 5.58. The Morgan fingerprint density at radius 3 is 2.52 bits per heavy atom. The maximum atomic E-state index is 8.91. The molecule has 0 aliphatic carbocycles. The van der Waals surface area contributed by atoms with Crippen molar-refractivity contribution < 1.29 is 5.21 Å². The minimum atomic E-state index is -0.00622. The largest absolute Gasteiger partial charge is 0.409 e. The first-order valence-electron chi connectivity index (χ1n) is 7.09. The van der Waals surface area contributed by atoms with Crippen LogP contribution in [0.15, 0.2) is 17.5 Å². The van der Waals surface area contributed by atoms with E-state index in [0.29, 0.717) is 11.0 Å². The molecule has 21 heavy (non-hydrogen) atoms. The Bertz CT molecular complexity index is 472. The van der Waals surface area contributed by atoms with Gasteiger partial charge in [0.2, 0.25) is 5.95 Å². The van der Waals surface area contributed by atoms with Gasteiger partial charge in [0.05, 0.1) is 23.5 Å². The molecule has 1 aliphatic heterocycles. The number of hydrogen-bond acceptors (Lipinski definition) is 6. The van der Waals surface area contributed by atoms with Gasteiger partial charge in [0.25, 0.3) is 0 Å². The fourth-order valence-corrected chi connectivity index (χ4v) is 2.66. The number of halogens is 1. The van der Waals surface area contributed by atoms with Crippen molar-refractivity contribution in [1.29, 1.82) is 0 Å². The molecule has 1 fully saturated rings. The fourth-order valence-electron chi connectivity index (χ4n) is 2.56.